The Morgan fingerprint density at radius 3 is 2.28 bits per heavy atom. The van der Waals surface area contributed by atoms with Gasteiger partial charge in [0.1, 0.15) is 5.82 Å². The fourth-order valence-electron chi connectivity index (χ4n) is 2.50. The fraction of sp³-hybridized carbons (Fsp3) is 0.417. The van der Waals surface area contributed by atoms with E-state index in [0.29, 0.717) is 18.9 Å². The lowest BCUT2D eigenvalue weighted by Crippen LogP contribution is -2.34. The SMILES string of the molecule is O=C(O)C1(c2cc(F)c(F)c(Br)c2F)CCCC1. The first-order chi connectivity index (χ1) is 8.40. The molecule has 0 heterocycles. The Balaban J connectivity index is 2.67. The van der Waals surface area contributed by atoms with Crippen molar-refractivity contribution in [3.8, 4) is 0 Å². The zero-order valence-electron chi connectivity index (χ0n) is 9.27. The summed E-state index contributed by atoms with van der Waals surface area (Å²) in [5.74, 6) is -4.81. The molecule has 0 atom stereocenters. The van der Waals surface area contributed by atoms with E-state index in [2.05, 4.69) is 15.9 Å². The predicted octanol–water partition coefficient (Wildman–Crippen LogP) is 3.76. The Labute approximate surface area is 110 Å². The molecule has 0 bridgehead atoms. The van der Waals surface area contributed by atoms with Crippen molar-refractivity contribution < 1.29 is 23.1 Å². The molecule has 1 aromatic carbocycles. The highest BCUT2D eigenvalue weighted by atomic mass is 79.9. The molecule has 6 heteroatoms. The van der Waals surface area contributed by atoms with Gasteiger partial charge in [-0.15, -0.1) is 0 Å². The number of hydrogen-bond acceptors (Lipinski definition) is 1. The molecule has 1 fully saturated rings. The topological polar surface area (TPSA) is 37.3 Å². The van der Waals surface area contributed by atoms with Gasteiger partial charge in [-0.1, -0.05) is 12.8 Å². The summed E-state index contributed by atoms with van der Waals surface area (Å²) < 4.78 is 39.9. The van der Waals surface area contributed by atoms with Gasteiger partial charge in [0.05, 0.1) is 9.89 Å². The Bertz CT molecular complexity index is 511. The van der Waals surface area contributed by atoms with Gasteiger partial charge in [-0.25, -0.2) is 13.2 Å². The summed E-state index contributed by atoms with van der Waals surface area (Å²) in [6, 6.07) is 0.662. The van der Waals surface area contributed by atoms with Crippen molar-refractivity contribution in [3.63, 3.8) is 0 Å². The molecule has 98 valence electrons. The van der Waals surface area contributed by atoms with Crippen molar-refractivity contribution in [1.29, 1.82) is 0 Å². The van der Waals surface area contributed by atoms with E-state index >= 15 is 0 Å². The minimum Gasteiger partial charge on any atom is -0.481 e. The number of carboxylic acids is 1. The predicted molar refractivity (Wildman–Crippen MR) is 61.8 cm³/mol. The molecule has 0 aromatic heterocycles. The number of rotatable bonds is 2. The van der Waals surface area contributed by atoms with Gasteiger partial charge in [0.15, 0.2) is 11.6 Å². The molecule has 0 aliphatic heterocycles. The van der Waals surface area contributed by atoms with Gasteiger partial charge in [-0.05, 0) is 34.8 Å². The summed E-state index contributed by atoms with van der Waals surface area (Å²) in [5, 5.41) is 9.29. The van der Waals surface area contributed by atoms with Crippen LogP contribution in [0.25, 0.3) is 0 Å². The zero-order valence-corrected chi connectivity index (χ0v) is 10.9. The Kier molecular flexibility index (Phi) is 3.40. The van der Waals surface area contributed by atoms with Gasteiger partial charge >= 0.3 is 5.97 Å². The second-order valence-electron chi connectivity index (χ2n) is 4.44. The van der Waals surface area contributed by atoms with E-state index in [1.807, 2.05) is 0 Å². The molecule has 1 aliphatic rings. The Hall–Kier alpha value is -1.04. The van der Waals surface area contributed by atoms with E-state index in [9.17, 15) is 23.1 Å². The molecule has 0 saturated heterocycles. The number of carboxylic acid groups (broad SMARTS) is 1. The van der Waals surface area contributed by atoms with E-state index in [1.165, 1.54) is 0 Å². The van der Waals surface area contributed by atoms with Crippen molar-refractivity contribution in [2.45, 2.75) is 31.1 Å². The molecule has 1 aromatic rings. The van der Waals surface area contributed by atoms with E-state index < -0.39 is 33.3 Å². The van der Waals surface area contributed by atoms with Crippen LogP contribution >= 0.6 is 15.9 Å². The minimum absolute atomic E-state index is 0.233. The third kappa shape index (κ3) is 1.83. The number of carbonyl (C=O) groups is 1. The van der Waals surface area contributed by atoms with Gasteiger partial charge in [0, 0.05) is 5.56 Å². The highest BCUT2D eigenvalue weighted by molar-refractivity contribution is 9.10. The fourth-order valence-corrected chi connectivity index (χ4v) is 2.90. The minimum atomic E-state index is -1.44. The second kappa shape index (κ2) is 4.57. The average Bonchev–Trinajstić information content (AvgIpc) is 2.81. The number of benzene rings is 1. The van der Waals surface area contributed by atoms with Crippen LogP contribution in [0.4, 0.5) is 13.2 Å². The molecule has 0 radical (unpaired) electrons. The summed E-state index contributed by atoms with van der Waals surface area (Å²) in [6.45, 7) is 0. The van der Waals surface area contributed by atoms with E-state index in [-0.39, 0.29) is 18.4 Å². The van der Waals surface area contributed by atoms with Gasteiger partial charge in [-0.2, -0.15) is 0 Å². The molecular weight excluding hydrogens is 313 g/mol. The van der Waals surface area contributed by atoms with Crippen LogP contribution in [-0.4, -0.2) is 11.1 Å². The van der Waals surface area contributed by atoms with Gasteiger partial charge in [-0.3, -0.25) is 4.79 Å². The van der Waals surface area contributed by atoms with Gasteiger partial charge in [0.25, 0.3) is 0 Å². The lowest BCUT2D eigenvalue weighted by Gasteiger charge is -2.25. The first-order valence-corrected chi connectivity index (χ1v) is 6.26. The molecular formula is C12H10BrF3O2. The molecule has 1 N–H and O–H groups in total. The summed E-state index contributed by atoms with van der Waals surface area (Å²) >= 11 is 2.62. The van der Waals surface area contributed by atoms with Crippen LogP contribution in [0.15, 0.2) is 10.5 Å². The summed E-state index contributed by atoms with van der Waals surface area (Å²) in [7, 11) is 0. The molecule has 0 spiro atoms. The first-order valence-electron chi connectivity index (χ1n) is 5.47. The standard InChI is InChI=1S/C12H10BrF3O2/c13-8-9(15)6(5-7(14)10(8)16)12(11(17)18)3-1-2-4-12/h5H,1-4H2,(H,17,18). The van der Waals surface area contributed by atoms with Crippen LogP contribution < -0.4 is 0 Å². The highest BCUT2D eigenvalue weighted by Crippen LogP contribution is 2.44. The molecule has 0 amide bonds. The number of halogens is 4. The number of hydrogen-bond donors (Lipinski definition) is 1. The average molecular weight is 323 g/mol. The lowest BCUT2D eigenvalue weighted by atomic mass is 9.78. The van der Waals surface area contributed by atoms with Crippen molar-refractivity contribution in [3.05, 3.63) is 33.6 Å². The smallest absolute Gasteiger partial charge is 0.314 e. The summed E-state index contributed by atoms with van der Waals surface area (Å²) in [4.78, 5) is 11.4. The third-order valence-corrected chi connectivity index (χ3v) is 4.18. The maximum Gasteiger partial charge on any atom is 0.314 e. The van der Waals surface area contributed by atoms with Crippen LogP contribution in [0.2, 0.25) is 0 Å². The lowest BCUT2D eigenvalue weighted by molar-refractivity contribution is -0.143. The normalized spacial score (nSPS) is 18.0. The Morgan fingerprint density at radius 2 is 1.78 bits per heavy atom. The molecule has 2 rings (SSSR count). The van der Waals surface area contributed by atoms with E-state index in [0.717, 1.165) is 0 Å². The molecule has 1 aliphatic carbocycles. The van der Waals surface area contributed by atoms with Crippen LogP contribution in [0.1, 0.15) is 31.2 Å². The van der Waals surface area contributed by atoms with Crippen molar-refractivity contribution in [1.82, 2.24) is 0 Å². The third-order valence-electron chi connectivity index (χ3n) is 3.48. The molecule has 18 heavy (non-hydrogen) atoms. The highest BCUT2D eigenvalue weighted by Gasteiger charge is 2.45. The Morgan fingerprint density at radius 1 is 1.22 bits per heavy atom. The largest absolute Gasteiger partial charge is 0.481 e. The second-order valence-corrected chi connectivity index (χ2v) is 5.24. The monoisotopic (exact) mass is 322 g/mol. The summed E-state index contributed by atoms with van der Waals surface area (Å²) in [6.07, 6.45) is 1.72. The quantitative estimate of drug-likeness (QED) is 0.665. The first kappa shape index (κ1) is 13.4. The van der Waals surface area contributed by atoms with Gasteiger partial charge in [0.2, 0.25) is 0 Å². The van der Waals surface area contributed by atoms with Crippen LogP contribution in [-0.2, 0) is 10.2 Å². The maximum absolute atomic E-state index is 14.0. The van der Waals surface area contributed by atoms with Crippen LogP contribution in [0.5, 0.6) is 0 Å². The van der Waals surface area contributed by atoms with Gasteiger partial charge < -0.3 is 5.11 Å². The number of aliphatic carboxylic acids is 1. The molecule has 2 nitrogen and oxygen atoms in total. The van der Waals surface area contributed by atoms with E-state index in [1.54, 1.807) is 0 Å². The molecule has 0 unspecified atom stereocenters. The molecule has 1 saturated carbocycles. The van der Waals surface area contributed by atoms with Crippen molar-refractivity contribution in [2.24, 2.45) is 0 Å². The summed E-state index contributed by atoms with van der Waals surface area (Å²) in [5.41, 5.74) is -1.72. The van der Waals surface area contributed by atoms with Crippen molar-refractivity contribution in [2.75, 3.05) is 0 Å². The van der Waals surface area contributed by atoms with Crippen molar-refractivity contribution >= 4 is 21.9 Å². The van der Waals surface area contributed by atoms with Crippen LogP contribution in [0, 0.1) is 17.5 Å². The maximum atomic E-state index is 14.0. The van der Waals surface area contributed by atoms with E-state index in [4.69, 9.17) is 0 Å². The zero-order chi connectivity index (χ0) is 13.5. The van der Waals surface area contributed by atoms with Crippen LogP contribution in [0.3, 0.4) is 0 Å².